The number of pyridine rings is 1. The van der Waals surface area contributed by atoms with E-state index in [9.17, 15) is 16.8 Å². The first kappa shape index (κ1) is 17.4. The van der Waals surface area contributed by atoms with E-state index in [1.165, 1.54) is 30.5 Å². The first-order valence-electron chi connectivity index (χ1n) is 8.77. The van der Waals surface area contributed by atoms with E-state index in [2.05, 4.69) is 4.98 Å². The van der Waals surface area contributed by atoms with Crippen LogP contribution in [0.25, 0.3) is 0 Å². The maximum Gasteiger partial charge on any atom is 0.212 e. The van der Waals surface area contributed by atoms with Crippen molar-refractivity contribution >= 4 is 36.9 Å². The van der Waals surface area contributed by atoms with E-state index in [-0.39, 0.29) is 37.0 Å². The second-order valence-electron chi connectivity index (χ2n) is 7.15. The number of fused-ring (bicyclic) bond motifs is 4. The molecule has 0 fully saturated rings. The Morgan fingerprint density at radius 1 is 0.821 bits per heavy atom. The molecule has 6 nitrogen and oxygen atoms in total. The van der Waals surface area contributed by atoms with Gasteiger partial charge in [-0.25, -0.2) is 21.8 Å². The van der Waals surface area contributed by atoms with E-state index >= 15 is 0 Å². The number of rotatable bonds is 1. The monoisotopic (exact) mass is 412 g/mol. The van der Waals surface area contributed by atoms with Crippen molar-refractivity contribution in [2.24, 2.45) is 0 Å². The van der Waals surface area contributed by atoms with Crippen LogP contribution in [0, 0.1) is 0 Å². The first-order valence-corrected chi connectivity index (χ1v) is 11.7. The van der Waals surface area contributed by atoms with Crippen molar-refractivity contribution in [1.82, 2.24) is 4.98 Å². The van der Waals surface area contributed by atoms with Gasteiger partial charge in [0.15, 0.2) is 5.82 Å². The summed E-state index contributed by atoms with van der Waals surface area (Å²) in [5, 5.41) is 0. The number of hydrogen-bond donors (Lipinski definition) is 0. The van der Waals surface area contributed by atoms with E-state index in [1.54, 1.807) is 23.1 Å². The summed E-state index contributed by atoms with van der Waals surface area (Å²) in [5.74, 6) is 0.404. The Morgan fingerprint density at radius 3 is 2.14 bits per heavy atom. The Balaban J connectivity index is 1.99. The summed E-state index contributed by atoms with van der Waals surface area (Å²) in [6.07, 6.45) is 1.51. The molecule has 3 heterocycles. The molecule has 0 radical (unpaired) electrons. The van der Waals surface area contributed by atoms with E-state index in [1.807, 2.05) is 19.9 Å². The third-order valence-corrected chi connectivity index (χ3v) is 8.84. The third-order valence-electron chi connectivity index (χ3n) is 5.20. The minimum absolute atomic E-state index is 0.0188. The Labute approximate surface area is 163 Å². The van der Waals surface area contributed by atoms with Gasteiger partial charge in [-0.3, -0.25) is 4.90 Å². The SMILES string of the molecule is CC(C)c1ccc2c(c1)N1c3ncccc3S(=O)(=O)c3cccc(c31)S2(=O)=O. The first-order chi connectivity index (χ1) is 13.2. The topological polar surface area (TPSA) is 84.4 Å². The van der Waals surface area contributed by atoms with Crippen LogP contribution in [0.4, 0.5) is 17.2 Å². The Morgan fingerprint density at radius 2 is 1.46 bits per heavy atom. The highest BCUT2D eigenvalue weighted by atomic mass is 32.2. The maximum absolute atomic E-state index is 13.3. The minimum atomic E-state index is -3.88. The molecule has 2 aliphatic rings. The van der Waals surface area contributed by atoms with Crippen LogP contribution in [0.3, 0.4) is 0 Å². The van der Waals surface area contributed by atoms with Gasteiger partial charge in [-0.05, 0) is 47.9 Å². The van der Waals surface area contributed by atoms with E-state index in [0.717, 1.165) is 5.56 Å². The van der Waals surface area contributed by atoms with Crippen LogP contribution in [-0.2, 0) is 19.7 Å². The summed E-state index contributed by atoms with van der Waals surface area (Å²) >= 11 is 0. The van der Waals surface area contributed by atoms with Crippen LogP contribution < -0.4 is 4.90 Å². The van der Waals surface area contributed by atoms with Gasteiger partial charge in [0.1, 0.15) is 4.90 Å². The summed E-state index contributed by atoms with van der Waals surface area (Å²) in [6, 6.07) is 12.6. The van der Waals surface area contributed by atoms with Crippen molar-refractivity contribution in [2.75, 3.05) is 4.90 Å². The van der Waals surface area contributed by atoms with Gasteiger partial charge >= 0.3 is 0 Å². The van der Waals surface area contributed by atoms with Gasteiger partial charge in [-0.1, -0.05) is 26.0 Å². The molecule has 0 amide bonds. The molecule has 28 heavy (non-hydrogen) atoms. The van der Waals surface area contributed by atoms with Gasteiger partial charge in [-0.2, -0.15) is 0 Å². The Kier molecular flexibility index (Phi) is 3.37. The molecule has 0 N–H and O–H groups in total. The third kappa shape index (κ3) is 2.04. The van der Waals surface area contributed by atoms with Gasteiger partial charge in [0.2, 0.25) is 19.7 Å². The lowest BCUT2D eigenvalue weighted by Crippen LogP contribution is -2.29. The highest BCUT2D eigenvalue weighted by Crippen LogP contribution is 2.55. The molecule has 1 aromatic heterocycles. The number of nitrogens with zero attached hydrogens (tertiary/aromatic N) is 2. The zero-order valence-electron chi connectivity index (χ0n) is 15.1. The number of aromatic nitrogens is 1. The summed E-state index contributed by atoms with van der Waals surface area (Å²) in [6.45, 7) is 4.04. The second kappa shape index (κ2) is 5.42. The molecule has 0 saturated carbocycles. The predicted molar refractivity (Wildman–Crippen MR) is 104 cm³/mol. The Hall–Kier alpha value is -2.71. The average Bonchev–Trinajstić information content (AvgIpc) is 2.67. The van der Waals surface area contributed by atoms with Gasteiger partial charge in [0.05, 0.1) is 26.1 Å². The van der Waals surface area contributed by atoms with Crippen molar-refractivity contribution in [3.8, 4) is 0 Å². The molecule has 142 valence electrons. The molecule has 2 aliphatic heterocycles. The number of anilines is 3. The van der Waals surface area contributed by atoms with Gasteiger partial charge < -0.3 is 0 Å². The molecule has 0 saturated heterocycles. The summed E-state index contributed by atoms with van der Waals surface area (Å²) in [4.78, 5) is 6.17. The van der Waals surface area contributed by atoms with Crippen LogP contribution in [0.1, 0.15) is 25.3 Å². The molecule has 0 bridgehead atoms. The summed E-state index contributed by atoms with van der Waals surface area (Å²) in [7, 11) is -7.74. The second-order valence-corrected chi connectivity index (χ2v) is 10.9. The van der Waals surface area contributed by atoms with Crippen LogP contribution in [-0.4, -0.2) is 21.8 Å². The molecular formula is C20H16N2O4S2. The van der Waals surface area contributed by atoms with Crippen LogP contribution >= 0.6 is 0 Å². The van der Waals surface area contributed by atoms with E-state index < -0.39 is 19.7 Å². The zero-order valence-corrected chi connectivity index (χ0v) is 16.8. The lowest BCUT2D eigenvalue weighted by Gasteiger charge is -2.37. The van der Waals surface area contributed by atoms with Crippen LogP contribution in [0.15, 0.2) is 74.3 Å². The number of benzene rings is 2. The summed E-state index contributed by atoms with van der Waals surface area (Å²) < 4.78 is 52.9. The molecular weight excluding hydrogens is 396 g/mol. The lowest BCUT2D eigenvalue weighted by molar-refractivity contribution is 0.590. The van der Waals surface area contributed by atoms with E-state index in [4.69, 9.17) is 0 Å². The zero-order chi connectivity index (χ0) is 19.8. The number of para-hydroxylation sites is 1. The highest BCUT2D eigenvalue weighted by Gasteiger charge is 2.44. The van der Waals surface area contributed by atoms with Gasteiger partial charge in [-0.15, -0.1) is 0 Å². The van der Waals surface area contributed by atoms with Crippen molar-refractivity contribution < 1.29 is 16.8 Å². The fourth-order valence-electron chi connectivity index (χ4n) is 3.79. The quantitative estimate of drug-likeness (QED) is 0.414. The van der Waals surface area contributed by atoms with Gasteiger partial charge in [0, 0.05) is 6.20 Å². The molecule has 0 aliphatic carbocycles. The highest BCUT2D eigenvalue weighted by molar-refractivity contribution is 7.93. The molecule has 0 spiro atoms. The average molecular weight is 412 g/mol. The van der Waals surface area contributed by atoms with Crippen LogP contribution in [0.2, 0.25) is 0 Å². The molecule has 8 heteroatoms. The lowest BCUT2D eigenvalue weighted by atomic mass is 10.0. The molecule has 2 aromatic carbocycles. The molecule has 0 unspecified atom stereocenters. The minimum Gasteiger partial charge on any atom is -0.290 e. The number of hydrogen-bond acceptors (Lipinski definition) is 6. The van der Waals surface area contributed by atoms with Crippen molar-refractivity contribution in [2.45, 2.75) is 39.3 Å². The molecule has 0 atom stereocenters. The standard InChI is InChI=1S/C20H16N2O4S2/c1-12(2)13-8-9-15-14(11-13)22-19-16(27(15,23)24)5-3-6-17(19)28(25,26)18-7-4-10-21-20(18)22/h3-12H,1-2H3. The number of sulfone groups is 2. The smallest absolute Gasteiger partial charge is 0.212 e. The predicted octanol–water partition coefficient (Wildman–Crippen LogP) is 3.97. The normalized spacial score (nSPS) is 17.6. The van der Waals surface area contributed by atoms with Crippen molar-refractivity contribution in [1.29, 1.82) is 0 Å². The molecule has 3 aromatic rings. The van der Waals surface area contributed by atoms with Crippen molar-refractivity contribution in [3.05, 3.63) is 60.3 Å². The fourth-order valence-corrected chi connectivity index (χ4v) is 7.07. The van der Waals surface area contributed by atoms with Crippen molar-refractivity contribution in [3.63, 3.8) is 0 Å². The van der Waals surface area contributed by atoms with Crippen LogP contribution in [0.5, 0.6) is 0 Å². The largest absolute Gasteiger partial charge is 0.290 e. The van der Waals surface area contributed by atoms with E-state index in [0.29, 0.717) is 5.69 Å². The molecule has 5 rings (SSSR count). The maximum atomic E-state index is 13.3. The summed E-state index contributed by atoms with van der Waals surface area (Å²) in [5.41, 5.74) is 1.55. The van der Waals surface area contributed by atoms with Gasteiger partial charge in [0.25, 0.3) is 0 Å². The fraction of sp³-hybridized carbons (Fsp3) is 0.150. The Bertz CT molecular complexity index is 1360.